The van der Waals surface area contributed by atoms with E-state index in [4.69, 9.17) is 0 Å². The maximum absolute atomic E-state index is 2.44. The molecule has 0 unspecified atom stereocenters. The predicted octanol–water partition coefficient (Wildman–Crippen LogP) is 3.29. The molecule has 2 aliphatic carbocycles. The summed E-state index contributed by atoms with van der Waals surface area (Å²) < 4.78 is 0. The molecule has 0 heterocycles. The lowest BCUT2D eigenvalue weighted by Gasteiger charge is -2.20. The molecule has 2 aromatic rings. The van der Waals surface area contributed by atoms with Crippen molar-refractivity contribution >= 4 is 22.4 Å². The van der Waals surface area contributed by atoms with E-state index in [0.717, 1.165) is 6.42 Å². The van der Waals surface area contributed by atoms with E-state index in [-0.39, 0.29) is 0 Å². The maximum Gasteiger partial charge on any atom is -0.00882 e. The molecule has 0 amide bonds. The third kappa shape index (κ3) is 1.38. The second-order valence-electron chi connectivity index (χ2n) is 5.26. The van der Waals surface area contributed by atoms with Crippen LogP contribution in [0.1, 0.15) is 25.7 Å². The summed E-state index contributed by atoms with van der Waals surface area (Å²) in [6.07, 6.45) is 9.80. The fraction of sp³-hybridized carbons (Fsp3) is 0.222. The minimum absolute atomic E-state index is 1.12. The number of rotatable bonds is 0. The predicted molar refractivity (Wildman–Crippen MR) is 77.6 cm³/mol. The van der Waals surface area contributed by atoms with E-state index < -0.39 is 0 Å². The molecule has 0 aromatic heterocycles. The zero-order valence-corrected chi connectivity index (χ0v) is 10.4. The molecule has 2 aromatic carbocycles. The maximum atomic E-state index is 2.44. The van der Waals surface area contributed by atoms with Crippen molar-refractivity contribution in [1.29, 1.82) is 0 Å². The number of hydrogen-bond acceptors (Lipinski definition) is 0. The summed E-state index contributed by atoms with van der Waals surface area (Å²) in [5.74, 6) is 0. The highest BCUT2D eigenvalue weighted by Crippen LogP contribution is 2.28. The summed E-state index contributed by atoms with van der Waals surface area (Å²) in [6.45, 7) is 0. The highest BCUT2D eigenvalue weighted by atomic mass is 14.2. The highest BCUT2D eigenvalue weighted by molar-refractivity contribution is 5.86. The first-order chi connectivity index (χ1) is 8.93. The van der Waals surface area contributed by atoms with Crippen LogP contribution in [-0.2, 0) is 0 Å². The third-order valence-electron chi connectivity index (χ3n) is 4.23. The standard InChI is InChI=1S/C18H16/c1-3-7-15-13(5-1)9-11-18-16-8-4-2-6-14(16)10-12-17(15)18/h1,3,5-7,9,11-12H,2,4,8,10H2. The topological polar surface area (TPSA) is 0 Å². The van der Waals surface area contributed by atoms with Crippen molar-refractivity contribution in [2.75, 3.05) is 0 Å². The molecule has 0 N–H and O–H groups in total. The molecule has 0 fully saturated rings. The summed E-state index contributed by atoms with van der Waals surface area (Å²) in [7, 11) is 0. The molecule has 88 valence electrons. The van der Waals surface area contributed by atoms with Gasteiger partial charge in [-0.2, -0.15) is 0 Å². The lowest BCUT2D eigenvalue weighted by molar-refractivity contribution is 0.837. The molecular formula is C18H16. The van der Waals surface area contributed by atoms with E-state index in [1.54, 1.807) is 11.1 Å². The largest absolute Gasteiger partial charge is 0.0807 e. The minimum atomic E-state index is 1.12. The van der Waals surface area contributed by atoms with Gasteiger partial charge in [0.1, 0.15) is 0 Å². The molecule has 0 heteroatoms. The summed E-state index contributed by atoms with van der Waals surface area (Å²) in [5, 5.41) is 5.71. The molecule has 0 saturated carbocycles. The normalized spacial score (nSPS) is 17.8. The van der Waals surface area contributed by atoms with Crippen LogP contribution in [0, 0.1) is 0 Å². The molecule has 4 rings (SSSR count). The second-order valence-corrected chi connectivity index (χ2v) is 5.26. The number of hydrogen-bond donors (Lipinski definition) is 0. The zero-order valence-electron chi connectivity index (χ0n) is 10.4. The Morgan fingerprint density at radius 1 is 0.889 bits per heavy atom. The van der Waals surface area contributed by atoms with E-state index in [1.165, 1.54) is 40.5 Å². The monoisotopic (exact) mass is 232 g/mol. The van der Waals surface area contributed by atoms with Crippen LogP contribution in [0.3, 0.4) is 0 Å². The van der Waals surface area contributed by atoms with E-state index in [1.807, 2.05) is 0 Å². The van der Waals surface area contributed by atoms with Crippen LogP contribution in [0.15, 0.2) is 48.0 Å². The third-order valence-corrected chi connectivity index (χ3v) is 4.23. The molecule has 0 atom stereocenters. The Bertz CT molecular complexity index is 775. The van der Waals surface area contributed by atoms with Crippen LogP contribution < -0.4 is 10.4 Å². The van der Waals surface area contributed by atoms with Gasteiger partial charge in [-0.1, -0.05) is 48.6 Å². The Morgan fingerprint density at radius 3 is 2.83 bits per heavy atom. The quantitative estimate of drug-likeness (QED) is 0.654. The van der Waals surface area contributed by atoms with Crippen molar-refractivity contribution in [1.82, 2.24) is 0 Å². The molecule has 0 radical (unpaired) electrons. The molecule has 0 spiro atoms. The summed E-state index contributed by atoms with van der Waals surface area (Å²) >= 11 is 0. The van der Waals surface area contributed by atoms with Crippen molar-refractivity contribution in [2.45, 2.75) is 25.7 Å². The van der Waals surface area contributed by atoms with Crippen molar-refractivity contribution in [3.8, 4) is 0 Å². The van der Waals surface area contributed by atoms with Gasteiger partial charge >= 0.3 is 0 Å². The average molecular weight is 232 g/mol. The van der Waals surface area contributed by atoms with Crippen molar-refractivity contribution in [3.63, 3.8) is 0 Å². The number of allylic oxidation sites excluding steroid dienone is 2. The van der Waals surface area contributed by atoms with Gasteiger partial charge < -0.3 is 0 Å². The van der Waals surface area contributed by atoms with Gasteiger partial charge in [0.05, 0.1) is 0 Å². The molecular weight excluding hydrogens is 216 g/mol. The smallest absolute Gasteiger partial charge is 0.00882 e. The Balaban J connectivity index is 2.20. The molecule has 0 bridgehead atoms. The van der Waals surface area contributed by atoms with E-state index >= 15 is 0 Å². The van der Waals surface area contributed by atoms with Crippen molar-refractivity contribution in [2.24, 2.45) is 0 Å². The fourth-order valence-corrected chi connectivity index (χ4v) is 3.34. The number of benzene rings is 2. The second kappa shape index (κ2) is 3.84. The van der Waals surface area contributed by atoms with Crippen LogP contribution >= 0.6 is 0 Å². The van der Waals surface area contributed by atoms with Crippen LogP contribution in [0.4, 0.5) is 0 Å². The highest BCUT2D eigenvalue weighted by Gasteiger charge is 2.14. The van der Waals surface area contributed by atoms with Crippen molar-refractivity contribution in [3.05, 3.63) is 58.5 Å². The SMILES string of the molecule is C1=C2CC=c3c(ccc4ccccc34)=C2CCC1. The lowest BCUT2D eigenvalue weighted by atomic mass is 9.85. The van der Waals surface area contributed by atoms with Gasteiger partial charge in [0.15, 0.2) is 0 Å². The summed E-state index contributed by atoms with van der Waals surface area (Å²) in [4.78, 5) is 0. The van der Waals surface area contributed by atoms with Gasteiger partial charge in [0.2, 0.25) is 0 Å². The van der Waals surface area contributed by atoms with E-state index in [0.29, 0.717) is 0 Å². The summed E-state index contributed by atoms with van der Waals surface area (Å²) in [5.41, 5.74) is 3.17. The van der Waals surface area contributed by atoms with Crippen molar-refractivity contribution < 1.29 is 0 Å². The van der Waals surface area contributed by atoms with Gasteiger partial charge in [-0.05, 0) is 58.0 Å². The van der Waals surface area contributed by atoms with Crippen LogP contribution in [0.2, 0.25) is 0 Å². The van der Waals surface area contributed by atoms with Gasteiger partial charge in [-0.3, -0.25) is 0 Å². The first-order valence-electron chi connectivity index (χ1n) is 6.84. The zero-order chi connectivity index (χ0) is 11.9. The Kier molecular flexibility index (Phi) is 2.16. The Hall–Kier alpha value is -1.82. The molecule has 18 heavy (non-hydrogen) atoms. The molecule has 0 nitrogen and oxygen atoms in total. The minimum Gasteiger partial charge on any atom is -0.0807 e. The first kappa shape index (κ1) is 10.1. The molecule has 0 aliphatic heterocycles. The van der Waals surface area contributed by atoms with Crippen LogP contribution in [0.25, 0.3) is 22.4 Å². The average Bonchev–Trinajstić information content (AvgIpc) is 2.46. The van der Waals surface area contributed by atoms with E-state index in [9.17, 15) is 0 Å². The first-order valence-corrected chi connectivity index (χ1v) is 6.84. The number of fused-ring (bicyclic) bond motifs is 4. The lowest BCUT2D eigenvalue weighted by Crippen LogP contribution is -2.31. The van der Waals surface area contributed by atoms with Crippen LogP contribution in [0.5, 0.6) is 0 Å². The van der Waals surface area contributed by atoms with Gasteiger partial charge in [0.25, 0.3) is 0 Å². The molecule has 2 aliphatic rings. The fourth-order valence-electron chi connectivity index (χ4n) is 3.34. The van der Waals surface area contributed by atoms with Gasteiger partial charge in [0, 0.05) is 0 Å². The Labute approximate surface area is 107 Å². The van der Waals surface area contributed by atoms with E-state index in [2.05, 4.69) is 48.6 Å². The molecule has 0 saturated heterocycles. The Morgan fingerprint density at radius 2 is 1.83 bits per heavy atom. The van der Waals surface area contributed by atoms with Gasteiger partial charge in [-0.15, -0.1) is 0 Å². The summed E-state index contributed by atoms with van der Waals surface area (Å²) in [6, 6.07) is 13.3. The van der Waals surface area contributed by atoms with Gasteiger partial charge in [-0.25, -0.2) is 0 Å². The van der Waals surface area contributed by atoms with Crippen LogP contribution in [-0.4, -0.2) is 0 Å².